The van der Waals surface area contributed by atoms with Gasteiger partial charge in [0.15, 0.2) is 23.0 Å². The highest BCUT2D eigenvalue weighted by Gasteiger charge is 2.25. The predicted octanol–water partition coefficient (Wildman–Crippen LogP) is 5.94. The lowest BCUT2D eigenvalue weighted by molar-refractivity contribution is 0.230. The molecule has 3 aromatic carbocycles. The zero-order valence-corrected chi connectivity index (χ0v) is 17.3. The molecule has 0 radical (unpaired) electrons. The third-order valence-electron chi connectivity index (χ3n) is 5.07. The van der Waals surface area contributed by atoms with E-state index >= 15 is 0 Å². The molecular formula is C26H24O4. The van der Waals surface area contributed by atoms with E-state index in [4.69, 9.17) is 18.9 Å². The number of ether oxygens (including phenoxy) is 4. The smallest absolute Gasteiger partial charge is 0.169 e. The van der Waals surface area contributed by atoms with Gasteiger partial charge in [-0.05, 0) is 41.0 Å². The van der Waals surface area contributed by atoms with Gasteiger partial charge in [0.1, 0.15) is 6.10 Å². The SMILES string of the molecule is COc1ccc(/C=C/C2=Cc3cccc(OC)c3OC2c2ccccc2)cc1OC. The highest BCUT2D eigenvalue weighted by Crippen LogP contribution is 2.43. The van der Waals surface area contributed by atoms with Crippen LogP contribution in [0.2, 0.25) is 0 Å². The van der Waals surface area contributed by atoms with Gasteiger partial charge in [-0.25, -0.2) is 0 Å². The number of hydrogen-bond acceptors (Lipinski definition) is 4. The van der Waals surface area contributed by atoms with Crippen molar-refractivity contribution in [3.05, 3.63) is 95.1 Å². The number of methoxy groups -OCH3 is 3. The van der Waals surface area contributed by atoms with E-state index in [1.165, 1.54) is 0 Å². The molecule has 1 atom stereocenters. The second-order valence-corrected chi connectivity index (χ2v) is 6.88. The van der Waals surface area contributed by atoms with Crippen molar-refractivity contribution in [3.8, 4) is 23.0 Å². The van der Waals surface area contributed by atoms with Gasteiger partial charge in [-0.3, -0.25) is 0 Å². The molecule has 3 aromatic rings. The molecule has 0 fully saturated rings. The largest absolute Gasteiger partial charge is 0.493 e. The quantitative estimate of drug-likeness (QED) is 0.513. The van der Waals surface area contributed by atoms with Crippen LogP contribution in [0.1, 0.15) is 22.8 Å². The second kappa shape index (κ2) is 8.78. The Hall–Kier alpha value is -3.66. The van der Waals surface area contributed by atoms with Crippen LogP contribution in [0.3, 0.4) is 0 Å². The van der Waals surface area contributed by atoms with Crippen LogP contribution in [-0.4, -0.2) is 21.3 Å². The number of fused-ring (bicyclic) bond motifs is 1. The Balaban J connectivity index is 1.74. The number of rotatable bonds is 6. The van der Waals surface area contributed by atoms with Crippen LogP contribution in [0.4, 0.5) is 0 Å². The molecule has 1 aliphatic rings. The van der Waals surface area contributed by atoms with E-state index in [1.807, 2.05) is 54.6 Å². The van der Waals surface area contributed by atoms with Crippen molar-refractivity contribution in [3.63, 3.8) is 0 Å². The zero-order chi connectivity index (χ0) is 20.9. The van der Waals surface area contributed by atoms with Crippen LogP contribution >= 0.6 is 0 Å². The maximum Gasteiger partial charge on any atom is 0.169 e. The van der Waals surface area contributed by atoms with E-state index in [2.05, 4.69) is 30.4 Å². The van der Waals surface area contributed by atoms with Gasteiger partial charge in [0.25, 0.3) is 0 Å². The number of benzene rings is 3. The first-order valence-electron chi connectivity index (χ1n) is 9.74. The second-order valence-electron chi connectivity index (χ2n) is 6.88. The van der Waals surface area contributed by atoms with Crippen LogP contribution in [0.5, 0.6) is 23.0 Å². The standard InChI is InChI=1S/C26H24O4/c1-27-22-15-13-18(16-24(22)29-3)12-14-21-17-20-10-7-11-23(28-2)26(20)30-25(21)19-8-5-4-6-9-19/h4-17,25H,1-3H3/b14-12+. The van der Waals surface area contributed by atoms with Crippen molar-refractivity contribution in [2.45, 2.75) is 6.10 Å². The Labute approximate surface area is 177 Å². The molecule has 4 heteroatoms. The molecule has 1 aliphatic heterocycles. The molecular weight excluding hydrogens is 376 g/mol. The van der Waals surface area contributed by atoms with E-state index < -0.39 is 0 Å². The first kappa shape index (κ1) is 19.6. The molecule has 4 rings (SSSR count). The third kappa shape index (κ3) is 3.90. The monoisotopic (exact) mass is 400 g/mol. The van der Waals surface area contributed by atoms with Gasteiger partial charge in [0.2, 0.25) is 0 Å². The topological polar surface area (TPSA) is 36.9 Å². The minimum atomic E-state index is -0.230. The third-order valence-corrected chi connectivity index (χ3v) is 5.07. The summed E-state index contributed by atoms with van der Waals surface area (Å²) in [5, 5.41) is 0. The Morgan fingerprint density at radius 2 is 1.50 bits per heavy atom. The molecule has 0 saturated carbocycles. The van der Waals surface area contributed by atoms with Gasteiger partial charge < -0.3 is 18.9 Å². The molecule has 1 heterocycles. The molecule has 0 aromatic heterocycles. The molecule has 1 unspecified atom stereocenters. The molecule has 0 spiro atoms. The van der Waals surface area contributed by atoms with Gasteiger partial charge in [0, 0.05) is 5.56 Å². The van der Waals surface area contributed by atoms with Crippen molar-refractivity contribution < 1.29 is 18.9 Å². The minimum absolute atomic E-state index is 0.230. The molecule has 0 bridgehead atoms. The fourth-order valence-electron chi connectivity index (χ4n) is 3.55. The molecule has 0 amide bonds. The lowest BCUT2D eigenvalue weighted by atomic mass is 9.95. The molecule has 0 saturated heterocycles. The zero-order valence-electron chi connectivity index (χ0n) is 17.3. The van der Waals surface area contributed by atoms with Crippen LogP contribution in [0.15, 0.2) is 78.4 Å². The van der Waals surface area contributed by atoms with Crippen LogP contribution < -0.4 is 18.9 Å². The van der Waals surface area contributed by atoms with E-state index in [0.29, 0.717) is 11.5 Å². The maximum absolute atomic E-state index is 6.43. The van der Waals surface area contributed by atoms with Crippen molar-refractivity contribution >= 4 is 12.2 Å². The highest BCUT2D eigenvalue weighted by molar-refractivity contribution is 5.71. The van der Waals surface area contributed by atoms with E-state index in [1.54, 1.807) is 21.3 Å². The summed E-state index contributed by atoms with van der Waals surface area (Å²) in [7, 11) is 4.93. The van der Waals surface area contributed by atoms with Crippen LogP contribution in [0, 0.1) is 0 Å². The predicted molar refractivity (Wildman–Crippen MR) is 119 cm³/mol. The summed E-state index contributed by atoms with van der Waals surface area (Å²) >= 11 is 0. The molecule has 30 heavy (non-hydrogen) atoms. The lowest BCUT2D eigenvalue weighted by Crippen LogP contribution is -2.14. The Bertz CT molecular complexity index is 1080. The fourth-order valence-corrected chi connectivity index (χ4v) is 3.55. The van der Waals surface area contributed by atoms with Crippen molar-refractivity contribution in [1.29, 1.82) is 0 Å². The fraction of sp³-hybridized carbons (Fsp3) is 0.154. The Morgan fingerprint density at radius 1 is 0.733 bits per heavy atom. The molecule has 0 aliphatic carbocycles. The average Bonchev–Trinajstić information content (AvgIpc) is 2.81. The van der Waals surface area contributed by atoms with Gasteiger partial charge in [-0.15, -0.1) is 0 Å². The molecule has 152 valence electrons. The summed E-state index contributed by atoms with van der Waals surface area (Å²) in [6.07, 6.45) is 6.06. The average molecular weight is 400 g/mol. The summed E-state index contributed by atoms with van der Waals surface area (Å²) < 4.78 is 22.7. The molecule has 0 N–H and O–H groups in total. The first-order valence-corrected chi connectivity index (χ1v) is 9.74. The van der Waals surface area contributed by atoms with Crippen molar-refractivity contribution in [2.24, 2.45) is 0 Å². The van der Waals surface area contributed by atoms with Gasteiger partial charge >= 0.3 is 0 Å². The summed E-state index contributed by atoms with van der Waals surface area (Å²) in [5.74, 6) is 2.89. The van der Waals surface area contributed by atoms with Crippen LogP contribution in [-0.2, 0) is 0 Å². The summed E-state index contributed by atoms with van der Waals surface area (Å²) in [6, 6.07) is 22.0. The molecule has 4 nitrogen and oxygen atoms in total. The van der Waals surface area contributed by atoms with Gasteiger partial charge in [-0.1, -0.05) is 60.7 Å². The Morgan fingerprint density at radius 3 is 2.23 bits per heavy atom. The van der Waals surface area contributed by atoms with Gasteiger partial charge in [0.05, 0.1) is 21.3 Å². The van der Waals surface area contributed by atoms with Crippen LogP contribution in [0.25, 0.3) is 12.2 Å². The van der Waals surface area contributed by atoms with Crippen molar-refractivity contribution in [1.82, 2.24) is 0 Å². The first-order chi connectivity index (χ1) is 14.7. The van der Waals surface area contributed by atoms with E-state index in [-0.39, 0.29) is 6.10 Å². The summed E-state index contributed by atoms with van der Waals surface area (Å²) in [5.41, 5.74) is 4.14. The highest BCUT2D eigenvalue weighted by atomic mass is 16.5. The van der Waals surface area contributed by atoms with E-state index in [0.717, 1.165) is 33.8 Å². The minimum Gasteiger partial charge on any atom is -0.493 e. The number of para-hydroxylation sites is 1. The maximum atomic E-state index is 6.43. The summed E-state index contributed by atoms with van der Waals surface area (Å²) in [6.45, 7) is 0. The lowest BCUT2D eigenvalue weighted by Gasteiger charge is -2.27. The van der Waals surface area contributed by atoms with E-state index in [9.17, 15) is 0 Å². The van der Waals surface area contributed by atoms with Crippen molar-refractivity contribution in [2.75, 3.05) is 21.3 Å². The number of hydrogen-bond donors (Lipinski definition) is 0. The van der Waals surface area contributed by atoms with Gasteiger partial charge in [-0.2, -0.15) is 0 Å². The summed E-state index contributed by atoms with van der Waals surface area (Å²) in [4.78, 5) is 0. The normalized spacial score (nSPS) is 15.2. The Kier molecular flexibility index (Phi) is 5.75.